The van der Waals surface area contributed by atoms with Gasteiger partial charge in [0.2, 0.25) is 5.75 Å². The van der Waals surface area contributed by atoms with Gasteiger partial charge in [-0.25, -0.2) is 0 Å². The molecule has 31 heavy (non-hydrogen) atoms. The molecule has 0 saturated carbocycles. The monoisotopic (exact) mass is 423 g/mol. The SMILES string of the molecule is COc1cc(/C=C2/C(=O)N(CC(=O)O)C(=O)/C2=C/c2ccccc2)cc(OC)c1OC. The Labute approximate surface area is 178 Å². The average molecular weight is 423 g/mol. The number of carbonyl (C=O) groups is 3. The predicted octanol–water partition coefficient (Wildman–Crippen LogP) is 2.63. The Morgan fingerprint density at radius 2 is 1.39 bits per heavy atom. The number of carboxylic acid groups (broad SMARTS) is 1. The quantitative estimate of drug-likeness (QED) is 0.539. The molecule has 1 aliphatic rings. The highest BCUT2D eigenvalue weighted by Gasteiger charge is 2.39. The van der Waals surface area contributed by atoms with Crippen molar-refractivity contribution in [3.63, 3.8) is 0 Å². The lowest BCUT2D eigenvalue weighted by Gasteiger charge is -2.13. The van der Waals surface area contributed by atoms with Crippen LogP contribution in [0.2, 0.25) is 0 Å². The van der Waals surface area contributed by atoms with Crippen LogP contribution >= 0.6 is 0 Å². The van der Waals surface area contributed by atoms with Crippen LogP contribution < -0.4 is 14.2 Å². The highest BCUT2D eigenvalue weighted by molar-refractivity contribution is 6.28. The van der Waals surface area contributed by atoms with Crippen molar-refractivity contribution in [2.45, 2.75) is 0 Å². The highest BCUT2D eigenvalue weighted by atomic mass is 16.5. The molecule has 1 heterocycles. The van der Waals surface area contributed by atoms with Crippen LogP contribution in [0.25, 0.3) is 12.2 Å². The fraction of sp³-hybridized carbons (Fsp3) is 0.174. The molecular formula is C23H21NO7. The molecule has 2 aromatic rings. The molecule has 0 spiro atoms. The maximum Gasteiger partial charge on any atom is 0.323 e. The molecule has 1 N–H and O–H groups in total. The second-order valence-corrected chi connectivity index (χ2v) is 6.58. The second kappa shape index (κ2) is 9.17. The summed E-state index contributed by atoms with van der Waals surface area (Å²) in [5, 5.41) is 9.12. The molecular weight excluding hydrogens is 402 g/mol. The van der Waals surface area contributed by atoms with Crippen LogP contribution in [0.4, 0.5) is 0 Å². The zero-order chi connectivity index (χ0) is 22.5. The van der Waals surface area contributed by atoms with Crippen molar-refractivity contribution in [1.82, 2.24) is 4.90 Å². The molecule has 160 valence electrons. The Hall–Kier alpha value is -4.07. The number of hydrogen-bond donors (Lipinski definition) is 1. The normalized spacial score (nSPS) is 16.2. The van der Waals surface area contributed by atoms with Gasteiger partial charge in [0.15, 0.2) is 11.5 Å². The van der Waals surface area contributed by atoms with E-state index in [4.69, 9.17) is 19.3 Å². The van der Waals surface area contributed by atoms with Gasteiger partial charge in [-0.05, 0) is 35.4 Å². The van der Waals surface area contributed by atoms with Crippen molar-refractivity contribution in [3.05, 3.63) is 64.7 Å². The maximum atomic E-state index is 12.9. The number of ether oxygens (including phenoxy) is 3. The van der Waals surface area contributed by atoms with Gasteiger partial charge in [0.05, 0.1) is 32.5 Å². The molecule has 0 radical (unpaired) electrons. The zero-order valence-corrected chi connectivity index (χ0v) is 17.2. The number of benzene rings is 2. The van der Waals surface area contributed by atoms with Gasteiger partial charge in [-0.15, -0.1) is 0 Å². The van der Waals surface area contributed by atoms with Crippen molar-refractivity contribution in [2.75, 3.05) is 27.9 Å². The minimum atomic E-state index is -1.28. The van der Waals surface area contributed by atoms with E-state index in [0.29, 0.717) is 33.3 Å². The number of aliphatic carboxylic acids is 1. The first-order valence-corrected chi connectivity index (χ1v) is 9.26. The van der Waals surface area contributed by atoms with Crippen molar-refractivity contribution < 1.29 is 33.7 Å². The van der Waals surface area contributed by atoms with Gasteiger partial charge < -0.3 is 19.3 Å². The number of carboxylic acids is 1. The molecule has 0 bridgehead atoms. The summed E-state index contributed by atoms with van der Waals surface area (Å²) in [6.45, 7) is -0.726. The molecule has 1 aliphatic heterocycles. The molecule has 3 rings (SSSR count). The van der Waals surface area contributed by atoms with Crippen molar-refractivity contribution in [1.29, 1.82) is 0 Å². The van der Waals surface area contributed by atoms with E-state index in [0.717, 1.165) is 0 Å². The Balaban J connectivity index is 2.16. The summed E-state index contributed by atoms with van der Waals surface area (Å²) in [5.41, 5.74) is 1.39. The third kappa shape index (κ3) is 4.42. The largest absolute Gasteiger partial charge is 0.493 e. The third-order valence-electron chi connectivity index (χ3n) is 4.64. The molecule has 8 heteroatoms. The van der Waals surface area contributed by atoms with E-state index in [1.54, 1.807) is 42.5 Å². The van der Waals surface area contributed by atoms with Crippen molar-refractivity contribution in [3.8, 4) is 17.2 Å². The molecule has 0 aromatic heterocycles. The number of imide groups is 1. The smallest absolute Gasteiger partial charge is 0.323 e. The number of hydrogen-bond acceptors (Lipinski definition) is 6. The fourth-order valence-electron chi connectivity index (χ4n) is 3.24. The summed E-state index contributed by atoms with van der Waals surface area (Å²) in [7, 11) is 4.41. The summed E-state index contributed by atoms with van der Waals surface area (Å²) in [4.78, 5) is 37.7. The van der Waals surface area contributed by atoms with Crippen LogP contribution in [0.1, 0.15) is 11.1 Å². The fourth-order valence-corrected chi connectivity index (χ4v) is 3.24. The first kappa shape index (κ1) is 21.6. The van der Waals surface area contributed by atoms with Crippen LogP contribution in [0.3, 0.4) is 0 Å². The van der Waals surface area contributed by atoms with Crippen LogP contribution in [0, 0.1) is 0 Å². The Bertz CT molecular complexity index is 1060. The number of likely N-dealkylation sites (tertiary alicyclic amines) is 1. The molecule has 2 aromatic carbocycles. The number of rotatable bonds is 7. The number of carbonyl (C=O) groups excluding carboxylic acids is 2. The van der Waals surface area contributed by atoms with E-state index in [2.05, 4.69) is 0 Å². The molecule has 0 atom stereocenters. The Morgan fingerprint density at radius 3 is 1.84 bits per heavy atom. The summed E-state index contributed by atoms with van der Waals surface area (Å²) in [6.07, 6.45) is 3.06. The first-order chi connectivity index (χ1) is 14.9. The molecule has 8 nitrogen and oxygen atoms in total. The van der Waals surface area contributed by atoms with Crippen LogP contribution in [-0.2, 0) is 14.4 Å². The van der Waals surface area contributed by atoms with E-state index in [9.17, 15) is 14.4 Å². The van der Waals surface area contributed by atoms with Gasteiger partial charge in [-0.2, -0.15) is 0 Å². The molecule has 2 amide bonds. The van der Waals surface area contributed by atoms with Crippen LogP contribution in [0.5, 0.6) is 17.2 Å². The van der Waals surface area contributed by atoms with E-state index < -0.39 is 24.3 Å². The Morgan fingerprint density at radius 1 is 0.871 bits per heavy atom. The number of amides is 2. The van der Waals surface area contributed by atoms with Gasteiger partial charge in [-0.1, -0.05) is 30.3 Å². The van der Waals surface area contributed by atoms with Crippen molar-refractivity contribution >= 4 is 29.9 Å². The van der Waals surface area contributed by atoms with E-state index in [-0.39, 0.29) is 11.1 Å². The zero-order valence-electron chi connectivity index (χ0n) is 17.2. The third-order valence-corrected chi connectivity index (χ3v) is 4.64. The highest BCUT2D eigenvalue weighted by Crippen LogP contribution is 2.39. The summed E-state index contributed by atoms with van der Waals surface area (Å²) in [6, 6.07) is 12.2. The molecule has 0 aliphatic carbocycles. The molecule has 0 unspecified atom stereocenters. The lowest BCUT2D eigenvalue weighted by atomic mass is 10.0. The van der Waals surface area contributed by atoms with E-state index in [1.807, 2.05) is 6.07 Å². The maximum absolute atomic E-state index is 12.9. The Kier molecular flexibility index (Phi) is 6.40. The topological polar surface area (TPSA) is 102 Å². The minimum absolute atomic E-state index is 0.0735. The van der Waals surface area contributed by atoms with Gasteiger partial charge in [0.1, 0.15) is 6.54 Å². The van der Waals surface area contributed by atoms with Crippen LogP contribution in [-0.4, -0.2) is 55.7 Å². The lowest BCUT2D eigenvalue weighted by molar-refractivity contribution is -0.147. The number of methoxy groups -OCH3 is 3. The van der Waals surface area contributed by atoms with Crippen LogP contribution in [0.15, 0.2) is 53.6 Å². The van der Waals surface area contributed by atoms with Gasteiger partial charge in [0, 0.05) is 0 Å². The lowest BCUT2D eigenvalue weighted by Crippen LogP contribution is -2.34. The first-order valence-electron chi connectivity index (χ1n) is 9.26. The standard InChI is InChI=1S/C23H21NO7/c1-29-18-11-15(12-19(30-2)21(18)31-3)10-17-16(9-14-7-5-4-6-8-14)22(27)24(23(17)28)13-20(25)26/h4-12H,13H2,1-3H3,(H,25,26)/b16-9+,17-10+. The van der Waals surface area contributed by atoms with Crippen molar-refractivity contribution in [2.24, 2.45) is 0 Å². The van der Waals surface area contributed by atoms with E-state index in [1.165, 1.54) is 27.4 Å². The molecule has 1 fully saturated rings. The average Bonchev–Trinajstić information content (AvgIpc) is 2.97. The predicted molar refractivity (Wildman–Crippen MR) is 113 cm³/mol. The number of nitrogens with zero attached hydrogens (tertiary/aromatic N) is 1. The van der Waals surface area contributed by atoms with Gasteiger partial charge in [0.25, 0.3) is 11.8 Å². The summed E-state index contributed by atoms with van der Waals surface area (Å²) < 4.78 is 16.0. The van der Waals surface area contributed by atoms with Gasteiger partial charge >= 0.3 is 5.97 Å². The van der Waals surface area contributed by atoms with Gasteiger partial charge in [-0.3, -0.25) is 19.3 Å². The molecule has 1 saturated heterocycles. The summed E-state index contributed by atoms with van der Waals surface area (Å²) >= 11 is 0. The summed E-state index contributed by atoms with van der Waals surface area (Å²) in [5.74, 6) is -1.51. The van der Waals surface area contributed by atoms with E-state index >= 15 is 0 Å². The minimum Gasteiger partial charge on any atom is -0.493 e. The second-order valence-electron chi connectivity index (χ2n) is 6.58.